The molecule has 12 N–H and O–H groups in total. The lowest BCUT2D eigenvalue weighted by Gasteiger charge is -2.27. The number of sulfone groups is 1. The Balaban J connectivity index is 0.000000140. The Bertz CT molecular complexity index is 6190. The van der Waals surface area contributed by atoms with Gasteiger partial charge >= 0.3 is 0 Å². The molecule has 4 aromatic carbocycles. The lowest BCUT2D eigenvalue weighted by molar-refractivity contribution is 0.0730. The van der Waals surface area contributed by atoms with Crippen molar-refractivity contribution in [2.24, 2.45) is 0 Å². The first-order chi connectivity index (χ1) is 58.1. The Morgan fingerprint density at radius 3 is 1.01 bits per heavy atom. The van der Waals surface area contributed by atoms with Crippen LogP contribution in [-0.2, 0) is 54.1 Å². The molecule has 0 radical (unpaired) electrons. The van der Waals surface area contributed by atoms with Crippen molar-refractivity contribution >= 4 is 154 Å². The van der Waals surface area contributed by atoms with Gasteiger partial charge in [0.15, 0.2) is 9.84 Å². The van der Waals surface area contributed by atoms with E-state index in [9.17, 15) is 33.7 Å². The second-order valence-corrected chi connectivity index (χ2v) is 36.4. The number of hydrogen-bond acceptors (Lipinski definition) is 31. The molecule has 12 aromatic rings. The van der Waals surface area contributed by atoms with Crippen LogP contribution in [0.2, 0.25) is 0 Å². The van der Waals surface area contributed by atoms with Crippen molar-refractivity contribution in [2.45, 2.75) is 92.8 Å². The van der Waals surface area contributed by atoms with Gasteiger partial charge in [0.25, 0.3) is 0 Å². The number of nitrogens with one attached hydrogen (secondary N) is 12. The molecular formula is C79H101N23O15S4. The fraction of sp³-hybridized carbons (Fsp3) is 0.392. The summed E-state index contributed by atoms with van der Waals surface area (Å²) < 4.78 is 143. The molecule has 0 bridgehead atoms. The summed E-state index contributed by atoms with van der Waals surface area (Å²) in [5.41, 5.74) is 9.35. The fourth-order valence-corrected chi connectivity index (χ4v) is 18.7. The summed E-state index contributed by atoms with van der Waals surface area (Å²) in [6.45, 7) is 18.0. The number of sulfonamides is 3. The highest BCUT2D eigenvalue weighted by molar-refractivity contribution is 7.91. The molecule has 121 heavy (non-hydrogen) atoms. The maximum Gasteiger partial charge on any atom is 0.243 e. The van der Waals surface area contributed by atoms with Gasteiger partial charge in [0.2, 0.25) is 53.9 Å². The zero-order valence-electron chi connectivity index (χ0n) is 69.2. The van der Waals surface area contributed by atoms with E-state index in [4.69, 9.17) is 38.1 Å². The molecule has 0 atom stereocenters. The van der Waals surface area contributed by atoms with Crippen LogP contribution in [0.15, 0.2) is 117 Å². The molecule has 0 spiro atoms. The van der Waals surface area contributed by atoms with Crippen molar-refractivity contribution in [3.05, 3.63) is 120 Å². The van der Waals surface area contributed by atoms with Crippen LogP contribution in [0, 0.1) is 27.7 Å². The summed E-state index contributed by atoms with van der Waals surface area (Å²) in [7, 11) is -6.42. The monoisotopic (exact) mass is 1740 g/mol. The van der Waals surface area contributed by atoms with Gasteiger partial charge in [-0.05, 0) is 131 Å². The molecule has 4 fully saturated rings. The van der Waals surface area contributed by atoms with Crippen molar-refractivity contribution < 1.29 is 66.8 Å². The number of hydrogen-bond donors (Lipinski definition) is 12. The molecule has 0 amide bonds. The molecule has 38 nitrogen and oxygen atoms in total. The number of aromatic amines is 4. The zero-order chi connectivity index (χ0) is 85.9. The normalized spacial score (nSPS) is 15.1. The lowest BCUT2D eigenvalue weighted by atomic mass is 9.93. The van der Waals surface area contributed by atoms with Gasteiger partial charge in [-0.2, -0.15) is 52.8 Å². The SMILES string of the molecule is CCCNc1nc(Nc2ccc(S(C)(=O)=O)cc2OC)nc2[nH]cc(C)c12.CCNc1nc(Nc2ccc(S(=O)(=O)N3CCOCC3)cc2OC)nc2[nH]cc(C)c12.CNc1nc(Nc2ccc(S(=O)(=O)N3CCOCC3)cc2OC)nc2[nH]cc(C)c12.COc1cc(S(=O)(=O)N2CCOCC2)ccc1Nc1nc(NC2CCC2)c2c(C)c[nH]c2n1. The van der Waals surface area contributed by atoms with Gasteiger partial charge in [-0.3, -0.25) is 0 Å². The number of rotatable bonds is 27. The minimum Gasteiger partial charge on any atom is -0.495 e. The molecule has 4 aliphatic rings. The molecule has 8 aromatic heterocycles. The van der Waals surface area contributed by atoms with E-state index in [1.807, 2.05) is 59.4 Å². The van der Waals surface area contributed by atoms with Crippen LogP contribution in [0.3, 0.4) is 0 Å². The second-order valence-electron chi connectivity index (χ2n) is 28.6. The van der Waals surface area contributed by atoms with Gasteiger partial charge < -0.3 is 95.6 Å². The number of fused-ring (bicyclic) bond motifs is 4. The summed E-state index contributed by atoms with van der Waals surface area (Å²) in [6, 6.07) is 19.3. The summed E-state index contributed by atoms with van der Waals surface area (Å²) in [5.74, 6) is 5.99. The Labute approximate surface area is 701 Å². The minimum atomic E-state index is -3.63. The Hall–Kier alpha value is -11.5. The molecular weight excluding hydrogens is 1640 g/mol. The third-order valence-electron chi connectivity index (χ3n) is 20.4. The number of H-pyrrole nitrogens is 4. The number of benzene rings is 4. The number of nitrogens with zero attached hydrogens (tertiary/aromatic N) is 11. The van der Waals surface area contributed by atoms with Crippen molar-refractivity contribution in [1.29, 1.82) is 0 Å². The van der Waals surface area contributed by atoms with Crippen LogP contribution in [0.1, 0.15) is 61.8 Å². The van der Waals surface area contributed by atoms with Crippen LogP contribution in [0.4, 0.5) is 69.8 Å². The van der Waals surface area contributed by atoms with Crippen molar-refractivity contribution in [1.82, 2.24) is 72.7 Å². The third kappa shape index (κ3) is 19.8. The fourth-order valence-electron chi connectivity index (χ4n) is 13.8. The maximum atomic E-state index is 13.0. The molecule has 646 valence electrons. The van der Waals surface area contributed by atoms with E-state index < -0.39 is 39.9 Å². The summed E-state index contributed by atoms with van der Waals surface area (Å²) in [5, 5.41) is 29.6. The van der Waals surface area contributed by atoms with Gasteiger partial charge in [-0.15, -0.1) is 0 Å². The second kappa shape index (κ2) is 38.1. The van der Waals surface area contributed by atoms with Gasteiger partial charge in [0, 0.05) is 121 Å². The first kappa shape index (κ1) is 87.3. The average molecular weight is 1740 g/mol. The molecule has 11 heterocycles. The van der Waals surface area contributed by atoms with Crippen molar-refractivity contribution in [3.63, 3.8) is 0 Å². The Morgan fingerprint density at radius 1 is 0.413 bits per heavy atom. The van der Waals surface area contributed by atoms with Crippen LogP contribution in [-0.4, -0.2) is 246 Å². The van der Waals surface area contributed by atoms with Crippen LogP contribution >= 0.6 is 0 Å². The Morgan fingerprint density at radius 2 is 0.711 bits per heavy atom. The number of morpholine rings is 3. The molecule has 1 saturated carbocycles. The van der Waals surface area contributed by atoms with Crippen LogP contribution in [0.5, 0.6) is 23.0 Å². The smallest absolute Gasteiger partial charge is 0.243 e. The van der Waals surface area contributed by atoms with Crippen LogP contribution < -0.4 is 61.5 Å². The number of methoxy groups -OCH3 is 4. The zero-order valence-corrected chi connectivity index (χ0v) is 72.5. The maximum absolute atomic E-state index is 13.0. The number of aromatic nitrogens is 12. The van der Waals surface area contributed by atoms with Gasteiger partial charge in [0.05, 0.1) is 132 Å². The molecule has 16 rings (SSSR count). The van der Waals surface area contributed by atoms with E-state index in [-0.39, 0.29) is 19.6 Å². The molecule has 0 unspecified atom stereocenters. The predicted octanol–water partition coefficient (Wildman–Crippen LogP) is 10.8. The quantitative estimate of drug-likeness (QED) is 0.0227. The minimum absolute atomic E-state index is 0.166. The van der Waals surface area contributed by atoms with Crippen LogP contribution in [0.25, 0.3) is 44.1 Å². The van der Waals surface area contributed by atoms with Gasteiger partial charge in [-0.1, -0.05) is 6.92 Å². The van der Waals surface area contributed by atoms with E-state index in [0.29, 0.717) is 178 Å². The van der Waals surface area contributed by atoms with E-state index in [0.717, 1.165) is 105 Å². The van der Waals surface area contributed by atoms with E-state index in [1.54, 1.807) is 49.5 Å². The molecule has 3 saturated heterocycles. The van der Waals surface area contributed by atoms with Crippen molar-refractivity contribution in [3.8, 4) is 23.0 Å². The van der Waals surface area contributed by atoms with E-state index >= 15 is 0 Å². The molecule has 1 aliphatic carbocycles. The standard InChI is InChI=1S/C22H28N6O4S.C20H26N6O4S.C19H24N6O4S.C18H23N5O3S/c1-14-13-23-20-19(14)21(24-15-4-3-5-15)27-22(26-20)25-17-7-6-16(12-18(17)31-2)33(29,30)28-8-10-32-11-9-28;1-4-21-18-17-13(2)12-22-19(17)25-20(24-18)23-15-6-5-14(11-16(15)29-3)31(27,28)26-7-9-30-10-8-26;1-12-11-21-18-16(12)17(20-2)23-19(24-18)22-14-5-4-13(10-15(14)28-3)30(26,27)25-6-8-29-9-7-25;1-5-8-19-16-15-11(2)10-20-17(15)23-18(22-16)21-13-7-6-12(27(4,24)25)9-14(13)26-3/h6-7,12-13,15H,3-5,8-11H2,1-2H3,(H3,23,24,25,26,27);5-6,11-12H,4,7-10H2,1-3H3,(H3,21,22,23,24,25);4-5,10-11H,6-9H2,1-3H3,(H3,20,21,22,23,24);6-7,9-10H,5,8H2,1-4H3,(H3,19,20,21,22,23). The van der Waals surface area contributed by atoms with Crippen molar-refractivity contribution in [2.75, 3.05) is 176 Å². The summed E-state index contributed by atoms with van der Waals surface area (Å²) in [6.07, 6.45) is 13.2. The molecule has 3 aliphatic heterocycles. The largest absolute Gasteiger partial charge is 0.495 e. The topological polar surface area (TPSA) is 473 Å². The number of aryl methyl sites for hydroxylation is 4. The first-order valence-corrected chi connectivity index (χ1v) is 45.5. The Kier molecular flexibility index (Phi) is 27.5. The van der Waals surface area contributed by atoms with Gasteiger partial charge in [0.1, 0.15) is 68.9 Å². The highest BCUT2D eigenvalue weighted by Gasteiger charge is 2.32. The first-order valence-electron chi connectivity index (χ1n) is 39.3. The summed E-state index contributed by atoms with van der Waals surface area (Å²) in [4.78, 5) is 49.9. The highest BCUT2D eigenvalue weighted by atomic mass is 32.2. The number of ether oxygens (including phenoxy) is 7. The average Bonchev–Trinajstić information content (AvgIpc) is 1.14. The van der Waals surface area contributed by atoms with E-state index in [1.165, 1.54) is 78.1 Å². The third-order valence-corrected chi connectivity index (χ3v) is 27.2. The highest BCUT2D eigenvalue weighted by Crippen LogP contribution is 2.39. The van der Waals surface area contributed by atoms with Gasteiger partial charge in [-0.25, -0.2) is 33.7 Å². The lowest BCUT2D eigenvalue weighted by Crippen LogP contribution is -2.40. The summed E-state index contributed by atoms with van der Waals surface area (Å²) >= 11 is 0. The molecule has 42 heteroatoms. The van der Waals surface area contributed by atoms with E-state index in [2.05, 4.69) is 104 Å². The predicted molar refractivity (Wildman–Crippen MR) is 465 cm³/mol. The number of anilines is 12.